The Bertz CT molecular complexity index is 265. The Kier molecular flexibility index (Phi) is 2.50. The standard InChI is InChI=1S/C11H15NO/c13-9-10-4-5-11(8-10)12-6-2-1-3-7-12/h1-4,6,11,13H,5,7-9H2. The summed E-state index contributed by atoms with van der Waals surface area (Å²) in [5.41, 5.74) is 1.19. The number of nitrogens with zero attached hydrogens (tertiary/aromatic N) is 1. The lowest BCUT2D eigenvalue weighted by molar-refractivity contribution is 0.291. The minimum Gasteiger partial charge on any atom is -0.392 e. The molecule has 2 aliphatic rings. The minimum absolute atomic E-state index is 0.226. The first-order valence-corrected chi connectivity index (χ1v) is 4.78. The molecule has 0 aromatic rings. The zero-order valence-electron chi connectivity index (χ0n) is 7.69. The zero-order chi connectivity index (χ0) is 9.10. The van der Waals surface area contributed by atoms with Crippen molar-refractivity contribution in [1.82, 2.24) is 4.90 Å². The van der Waals surface area contributed by atoms with Crippen molar-refractivity contribution in [3.05, 3.63) is 36.1 Å². The van der Waals surface area contributed by atoms with Crippen LogP contribution in [0.1, 0.15) is 12.8 Å². The summed E-state index contributed by atoms with van der Waals surface area (Å²) in [6.45, 7) is 1.23. The molecule has 1 heterocycles. The zero-order valence-corrected chi connectivity index (χ0v) is 7.69. The Balaban J connectivity index is 1.91. The molecule has 0 fully saturated rings. The fourth-order valence-electron chi connectivity index (χ4n) is 1.91. The van der Waals surface area contributed by atoms with Crippen LogP contribution in [0.25, 0.3) is 0 Å². The summed E-state index contributed by atoms with van der Waals surface area (Å²) in [6, 6.07) is 0.573. The molecule has 2 nitrogen and oxygen atoms in total. The van der Waals surface area contributed by atoms with E-state index in [1.54, 1.807) is 0 Å². The van der Waals surface area contributed by atoms with Crippen LogP contribution in [0.2, 0.25) is 0 Å². The van der Waals surface area contributed by atoms with Gasteiger partial charge in [-0.25, -0.2) is 0 Å². The molecule has 1 atom stereocenters. The summed E-state index contributed by atoms with van der Waals surface area (Å²) < 4.78 is 0. The number of aliphatic hydroxyl groups excluding tert-OH is 1. The van der Waals surface area contributed by atoms with Crippen molar-refractivity contribution in [3.8, 4) is 0 Å². The van der Waals surface area contributed by atoms with Gasteiger partial charge in [0, 0.05) is 12.6 Å². The Labute approximate surface area is 78.9 Å². The van der Waals surface area contributed by atoms with E-state index in [1.807, 2.05) is 0 Å². The molecule has 0 saturated heterocycles. The van der Waals surface area contributed by atoms with Gasteiger partial charge in [-0.05, 0) is 30.7 Å². The van der Waals surface area contributed by atoms with Gasteiger partial charge < -0.3 is 10.0 Å². The molecule has 2 rings (SSSR count). The van der Waals surface area contributed by atoms with Gasteiger partial charge in [-0.15, -0.1) is 0 Å². The second-order valence-electron chi connectivity index (χ2n) is 3.58. The summed E-state index contributed by atoms with van der Waals surface area (Å²) >= 11 is 0. The van der Waals surface area contributed by atoms with Crippen molar-refractivity contribution < 1.29 is 5.11 Å². The Morgan fingerprint density at radius 1 is 1.46 bits per heavy atom. The molecule has 1 aliphatic heterocycles. The lowest BCUT2D eigenvalue weighted by Gasteiger charge is -2.27. The lowest BCUT2D eigenvalue weighted by atomic mass is 10.1. The second kappa shape index (κ2) is 3.79. The van der Waals surface area contributed by atoms with Crippen LogP contribution < -0.4 is 0 Å². The highest BCUT2D eigenvalue weighted by Crippen LogP contribution is 2.24. The molecule has 2 heteroatoms. The predicted octanol–water partition coefficient (Wildman–Crippen LogP) is 1.45. The molecule has 0 aromatic carbocycles. The van der Waals surface area contributed by atoms with Gasteiger partial charge in [0.2, 0.25) is 0 Å². The molecule has 1 unspecified atom stereocenters. The summed E-state index contributed by atoms with van der Waals surface area (Å²) in [5.74, 6) is 0. The van der Waals surface area contributed by atoms with E-state index in [0.717, 1.165) is 19.4 Å². The fourth-order valence-corrected chi connectivity index (χ4v) is 1.91. The molecular formula is C11H15NO. The Hall–Kier alpha value is -1.02. The van der Waals surface area contributed by atoms with Crippen molar-refractivity contribution in [1.29, 1.82) is 0 Å². The van der Waals surface area contributed by atoms with E-state index < -0.39 is 0 Å². The van der Waals surface area contributed by atoms with Gasteiger partial charge in [0.05, 0.1) is 6.61 Å². The third kappa shape index (κ3) is 1.83. The van der Waals surface area contributed by atoms with Gasteiger partial charge in [0.1, 0.15) is 0 Å². The van der Waals surface area contributed by atoms with E-state index in [4.69, 9.17) is 5.11 Å². The predicted molar refractivity (Wildman–Crippen MR) is 53.2 cm³/mol. The van der Waals surface area contributed by atoms with Crippen LogP contribution in [-0.2, 0) is 0 Å². The van der Waals surface area contributed by atoms with Crippen LogP contribution in [0, 0.1) is 0 Å². The van der Waals surface area contributed by atoms with Crippen molar-refractivity contribution in [2.75, 3.05) is 13.2 Å². The maximum atomic E-state index is 8.96. The van der Waals surface area contributed by atoms with E-state index in [2.05, 4.69) is 35.4 Å². The Morgan fingerprint density at radius 2 is 2.38 bits per heavy atom. The molecule has 0 radical (unpaired) electrons. The molecule has 1 N–H and O–H groups in total. The van der Waals surface area contributed by atoms with E-state index >= 15 is 0 Å². The van der Waals surface area contributed by atoms with Gasteiger partial charge in [-0.2, -0.15) is 0 Å². The first-order chi connectivity index (χ1) is 6.40. The van der Waals surface area contributed by atoms with Gasteiger partial charge in [0.25, 0.3) is 0 Å². The number of hydrogen-bond acceptors (Lipinski definition) is 2. The van der Waals surface area contributed by atoms with Gasteiger partial charge in [-0.3, -0.25) is 0 Å². The monoisotopic (exact) mass is 177 g/mol. The lowest BCUT2D eigenvalue weighted by Crippen LogP contribution is -2.29. The molecule has 0 bridgehead atoms. The van der Waals surface area contributed by atoms with Crippen LogP contribution in [-0.4, -0.2) is 29.2 Å². The Morgan fingerprint density at radius 3 is 3.00 bits per heavy atom. The number of allylic oxidation sites excluding steroid dienone is 2. The molecule has 0 spiro atoms. The topological polar surface area (TPSA) is 23.5 Å². The number of rotatable bonds is 2. The number of hydrogen-bond donors (Lipinski definition) is 1. The van der Waals surface area contributed by atoms with Gasteiger partial charge >= 0.3 is 0 Å². The highest BCUT2D eigenvalue weighted by molar-refractivity contribution is 5.17. The van der Waals surface area contributed by atoms with Gasteiger partial charge in [-0.1, -0.05) is 18.2 Å². The van der Waals surface area contributed by atoms with Crippen LogP contribution >= 0.6 is 0 Å². The van der Waals surface area contributed by atoms with Crippen LogP contribution in [0.4, 0.5) is 0 Å². The summed E-state index contributed by atoms with van der Waals surface area (Å²) in [5, 5.41) is 8.96. The maximum Gasteiger partial charge on any atom is 0.0642 e. The highest BCUT2D eigenvalue weighted by Gasteiger charge is 2.20. The van der Waals surface area contributed by atoms with Crippen molar-refractivity contribution >= 4 is 0 Å². The van der Waals surface area contributed by atoms with Crippen LogP contribution in [0.15, 0.2) is 36.1 Å². The number of aliphatic hydroxyl groups is 1. The second-order valence-corrected chi connectivity index (χ2v) is 3.58. The molecule has 1 aliphatic carbocycles. The summed E-state index contributed by atoms with van der Waals surface area (Å²) in [7, 11) is 0. The molecular weight excluding hydrogens is 162 g/mol. The molecule has 0 aromatic heterocycles. The van der Waals surface area contributed by atoms with Crippen LogP contribution in [0.3, 0.4) is 0 Å². The SMILES string of the molecule is OCC1=CCC(N2C=CC=CC2)C1. The van der Waals surface area contributed by atoms with Crippen molar-refractivity contribution in [2.24, 2.45) is 0 Å². The first kappa shape index (κ1) is 8.57. The maximum absolute atomic E-state index is 8.96. The smallest absolute Gasteiger partial charge is 0.0642 e. The summed E-state index contributed by atoms with van der Waals surface area (Å²) in [4.78, 5) is 2.33. The molecule has 13 heavy (non-hydrogen) atoms. The average molecular weight is 177 g/mol. The van der Waals surface area contributed by atoms with Crippen molar-refractivity contribution in [2.45, 2.75) is 18.9 Å². The fraction of sp³-hybridized carbons (Fsp3) is 0.455. The highest BCUT2D eigenvalue weighted by atomic mass is 16.3. The first-order valence-electron chi connectivity index (χ1n) is 4.78. The minimum atomic E-state index is 0.226. The van der Waals surface area contributed by atoms with E-state index in [-0.39, 0.29) is 6.61 Å². The average Bonchev–Trinajstić information content (AvgIpc) is 2.67. The largest absolute Gasteiger partial charge is 0.392 e. The van der Waals surface area contributed by atoms with Crippen LogP contribution in [0.5, 0.6) is 0 Å². The van der Waals surface area contributed by atoms with E-state index in [0.29, 0.717) is 6.04 Å². The summed E-state index contributed by atoms with van der Waals surface area (Å²) in [6.07, 6.45) is 12.7. The third-order valence-corrected chi connectivity index (χ3v) is 2.69. The third-order valence-electron chi connectivity index (χ3n) is 2.69. The normalized spacial score (nSPS) is 26.7. The van der Waals surface area contributed by atoms with E-state index in [1.165, 1.54) is 5.57 Å². The molecule has 0 saturated carbocycles. The van der Waals surface area contributed by atoms with Gasteiger partial charge in [0.15, 0.2) is 0 Å². The quantitative estimate of drug-likeness (QED) is 0.645. The molecule has 0 amide bonds. The van der Waals surface area contributed by atoms with Crippen molar-refractivity contribution in [3.63, 3.8) is 0 Å². The van der Waals surface area contributed by atoms with E-state index in [9.17, 15) is 0 Å². The molecule has 70 valence electrons.